The Bertz CT molecular complexity index is 593. The molecule has 0 spiro atoms. The van der Waals surface area contributed by atoms with Crippen molar-refractivity contribution in [2.24, 2.45) is 0 Å². The van der Waals surface area contributed by atoms with Gasteiger partial charge in [0.05, 0.1) is 10.0 Å². The van der Waals surface area contributed by atoms with Crippen molar-refractivity contribution in [1.82, 2.24) is 0 Å². The lowest BCUT2D eigenvalue weighted by molar-refractivity contribution is 0.476. The molecule has 2 aromatic carbocycles. The summed E-state index contributed by atoms with van der Waals surface area (Å²) in [7, 11) is 0. The molecule has 0 saturated heterocycles. The molecular formula is C14H12Cl2FNO. The van der Waals surface area contributed by atoms with Crippen LogP contribution in [0.4, 0.5) is 10.1 Å². The first kappa shape index (κ1) is 14.0. The van der Waals surface area contributed by atoms with Crippen molar-refractivity contribution in [3.05, 3.63) is 57.3 Å². The summed E-state index contributed by atoms with van der Waals surface area (Å²) in [5.74, 6) is -0.417. The molecule has 2 N–H and O–H groups in total. The van der Waals surface area contributed by atoms with Crippen LogP contribution in [0.2, 0.25) is 10.0 Å². The van der Waals surface area contributed by atoms with E-state index in [1.807, 2.05) is 6.92 Å². The second-order valence-corrected chi connectivity index (χ2v) is 5.03. The Balaban J connectivity index is 2.17. The molecule has 0 aromatic heterocycles. The second-order valence-electron chi connectivity index (χ2n) is 4.21. The molecule has 0 aliphatic carbocycles. The van der Waals surface area contributed by atoms with Gasteiger partial charge in [-0.25, -0.2) is 4.39 Å². The second kappa shape index (κ2) is 5.68. The van der Waals surface area contributed by atoms with Crippen molar-refractivity contribution in [3.63, 3.8) is 0 Å². The van der Waals surface area contributed by atoms with E-state index in [9.17, 15) is 9.50 Å². The number of hydrogen-bond donors (Lipinski definition) is 2. The lowest BCUT2D eigenvalue weighted by atomic mass is 10.1. The summed E-state index contributed by atoms with van der Waals surface area (Å²) in [6.07, 6.45) is 0. The Morgan fingerprint density at radius 3 is 2.42 bits per heavy atom. The van der Waals surface area contributed by atoms with Crippen LogP contribution < -0.4 is 5.32 Å². The first-order valence-electron chi connectivity index (χ1n) is 5.64. The number of rotatable bonds is 3. The number of hydrogen-bond acceptors (Lipinski definition) is 2. The molecule has 19 heavy (non-hydrogen) atoms. The summed E-state index contributed by atoms with van der Waals surface area (Å²) in [5.41, 5.74) is 2.50. The van der Waals surface area contributed by atoms with Crippen LogP contribution in [-0.2, 0) is 6.54 Å². The molecule has 0 amide bonds. The van der Waals surface area contributed by atoms with Crippen LogP contribution in [0.25, 0.3) is 0 Å². The van der Waals surface area contributed by atoms with Crippen molar-refractivity contribution in [3.8, 4) is 5.75 Å². The van der Waals surface area contributed by atoms with Gasteiger partial charge in [0.15, 0.2) is 5.75 Å². The van der Waals surface area contributed by atoms with E-state index in [0.29, 0.717) is 12.2 Å². The zero-order valence-corrected chi connectivity index (χ0v) is 11.7. The number of halogens is 3. The van der Waals surface area contributed by atoms with Crippen molar-refractivity contribution in [1.29, 1.82) is 0 Å². The van der Waals surface area contributed by atoms with Gasteiger partial charge in [0.1, 0.15) is 5.82 Å². The normalized spacial score (nSPS) is 10.5. The number of aromatic hydroxyl groups is 1. The average molecular weight is 300 g/mol. The van der Waals surface area contributed by atoms with E-state index in [0.717, 1.165) is 11.1 Å². The summed E-state index contributed by atoms with van der Waals surface area (Å²) in [4.78, 5) is 0. The zero-order valence-electron chi connectivity index (χ0n) is 10.2. The van der Waals surface area contributed by atoms with Crippen molar-refractivity contribution >= 4 is 28.9 Å². The number of phenols is 1. The fourth-order valence-electron chi connectivity index (χ4n) is 1.70. The average Bonchev–Trinajstić information content (AvgIpc) is 2.37. The van der Waals surface area contributed by atoms with Gasteiger partial charge in [-0.3, -0.25) is 0 Å². The number of anilines is 1. The van der Waals surface area contributed by atoms with Crippen LogP contribution in [0.5, 0.6) is 5.75 Å². The molecule has 0 aliphatic heterocycles. The quantitative estimate of drug-likeness (QED) is 0.801. The van der Waals surface area contributed by atoms with Crippen molar-refractivity contribution in [2.45, 2.75) is 13.5 Å². The summed E-state index contributed by atoms with van der Waals surface area (Å²) in [6.45, 7) is 2.36. The van der Waals surface area contributed by atoms with Gasteiger partial charge >= 0.3 is 0 Å². The third kappa shape index (κ3) is 3.31. The molecule has 0 aliphatic rings. The van der Waals surface area contributed by atoms with Crippen LogP contribution in [0, 0.1) is 12.7 Å². The molecule has 2 rings (SSSR count). The summed E-state index contributed by atoms with van der Waals surface area (Å²) in [5, 5.41) is 12.9. The Morgan fingerprint density at radius 2 is 1.79 bits per heavy atom. The Labute approximate surface area is 120 Å². The first-order valence-corrected chi connectivity index (χ1v) is 6.40. The van der Waals surface area contributed by atoms with E-state index in [4.69, 9.17) is 23.2 Å². The van der Waals surface area contributed by atoms with Gasteiger partial charge in [-0.05, 0) is 42.3 Å². The molecule has 0 saturated carbocycles. The molecule has 5 heteroatoms. The smallest absolute Gasteiger partial charge is 0.152 e. The maximum absolute atomic E-state index is 13.2. The Morgan fingerprint density at radius 1 is 1.16 bits per heavy atom. The Kier molecular flexibility index (Phi) is 4.17. The minimum absolute atomic E-state index is 0.143. The maximum Gasteiger partial charge on any atom is 0.152 e. The van der Waals surface area contributed by atoms with Crippen molar-refractivity contribution < 1.29 is 9.50 Å². The predicted octanol–water partition coefficient (Wildman–Crippen LogP) is 4.76. The lowest BCUT2D eigenvalue weighted by Crippen LogP contribution is -2.02. The highest BCUT2D eigenvalue weighted by Crippen LogP contribution is 2.34. The highest BCUT2D eigenvalue weighted by molar-refractivity contribution is 6.37. The number of aryl methyl sites for hydroxylation is 1. The minimum atomic E-state index is -0.274. The standard InChI is InChI=1S/C14H12Cl2FNO/c1-8-2-3-10(17)4-9(8)7-18-11-5-12(15)14(19)13(16)6-11/h2-6,18-19H,7H2,1H3. The van der Waals surface area contributed by atoms with Gasteiger partial charge in [-0.2, -0.15) is 0 Å². The van der Waals surface area contributed by atoms with E-state index in [1.165, 1.54) is 12.1 Å². The number of phenolic OH excluding ortho intramolecular Hbond substituents is 1. The molecule has 2 nitrogen and oxygen atoms in total. The summed E-state index contributed by atoms with van der Waals surface area (Å²) < 4.78 is 13.2. The SMILES string of the molecule is Cc1ccc(F)cc1CNc1cc(Cl)c(O)c(Cl)c1. The number of nitrogens with one attached hydrogen (secondary N) is 1. The third-order valence-corrected chi connectivity index (χ3v) is 3.39. The minimum Gasteiger partial charge on any atom is -0.505 e. The van der Waals surface area contributed by atoms with E-state index in [1.54, 1.807) is 18.2 Å². The van der Waals surface area contributed by atoms with Crippen LogP contribution in [-0.4, -0.2) is 5.11 Å². The maximum atomic E-state index is 13.2. The van der Waals surface area contributed by atoms with Gasteiger partial charge < -0.3 is 10.4 Å². The zero-order chi connectivity index (χ0) is 14.0. The van der Waals surface area contributed by atoms with E-state index in [2.05, 4.69) is 5.32 Å². The van der Waals surface area contributed by atoms with Crippen molar-refractivity contribution in [2.75, 3.05) is 5.32 Å². The highest BCUT2D eigenvalue weighted by atomic mass is 35.5. The molecule has 0 atom stereocenters. The van der Waals surface area contributed by atoms with Gasteiger partial charge in [0, 0.05) is 12.2 Å². The summed E-state index contributed by atoms with van der Waals surface area (Å²) >= 11 is 11.6. The van der Waals surface area contributed by atoms with E-state index in [-0.39, 0.29) is 21.6 Å². The van der Waals surface area contributed by atoms with Crippen LogP contribution in [0.3, 0.4) is 0 Å². The lowest BCUT2D eigenvalue weighted by Gasteiger charge is -2.11. The topological polar surface area (TPSA) is 32.3 Å². The largest absolute Gasteiger partial charge is 0.505 e. The van der Waals surface area contributed by atoms with Crippen LogP contribution >= 0.6 is 23.2 Å². The van der Waals surface area contributed by atoms with Crippen LogP contribution in [0.15, 0.2) is 30.3 Å². The molecule has 0 radical (unpaired) electrons. The van der Waals surface area contributed by atoms with Gasteiger partial charge in [0.25, 0.3) is 0 Å². The fraction of sp³-hybridized carbons (Fsp3) is 0.143. The van der Waals surface area contributed by atoms with E-state index >= 15 is 0 Å². The van der Waals surface area contributed by atoms with Crippen LogP contribution in [0.1, 0.15) is 11.1 Å². The molecular weight excluding hydrogens is 288 g/mol. The molecule has 2 aromatic rings. The first-order chi connectivity index (χ1) is 8.97. The molecule has 0 fully saturated rings. The number of benzene rings is 2. The molecule has 0 bridgehead atoms. The molecule has 0 heterocycles. The predicted molar refractivity (Wildman–Crippen MR) is 76.6 cm³/mol. The van der Waals surface area contributed by atoms with Gasteiger partial charge in [-0.1, -0.05) is 29.3 Å². The molecule has 0 unspecified atom stereocenters. The van der Waals surface area contributed by atoms with Gasteiger partial charge in [-0.15, -0.1) is 0 Å². The highest BCUT2D eigenvalue weighted by Gasteiger charge is 2.07. The Hall–Kier alpha value is -1.45. The third-order valence-electron chi connectivity index (χ3n) is 2.81. The monoisotopic (exact) mass is 299 g/mol. The van der Waals surface area contributed by atoms with E-state index < -0.39 is 0 Å². The van der Waals surface area contributed by atoms with Gasteiger partial charge in [0.2, 0.25) is 0 Å². The fourth-order valence-corrected chi connectivity index (χ4v) is 2.18. The summed E-state index contributed by atoms with van der Waals surface area (Å²) in [6, 6.07) is 7.76. The molecule has 100 valence electrons.